The maximum absolute atomic E-state index is 5.36. The van der Waals surface area contributed by atoms with E-state index in [0.717, 1.165) is 24.4 Å². The van der Waals surface area contributed by atoms with Gasteiger partial charge in [0.05, 0.1) is 19.3 Å². The van der Waals surface area contributed by atoms with E-state index >= 15 is 0 Å². The molecule has 1 aliphatic rings. The first-order chi connectivity index (χ1) is 6.36. The van der Waals surface area contributed by atoms with Crippen LogP contribution in [-0.2, 0) is 4.74 Å². The van der Waals surface area contributed by atoms with Gasteiger partial charge in [-0.25, -0.2) is 0 Å². The summed E-state index contributed by atoms with van der Waals surface area (Å²) in [4.78, 5) is 3.02. The molecule has 1 atom stereocenters. The lowest BCUT2D eigenvalue weighted by atomic mass is 10.1. The molecule has 13 heavy (non-hydrogen) atoms. The monoisotopic (exact) mass is 196 g/mol. The highest BCUT2D eigenvalue weighted by Crippen LogP contribution is 2.13. The van der Waals surface area contributed by atoms with Gasteiger partial charge in [0.1, 0.15) is 4.64 Å². The summed E-state index contributed by atoms with van der Waals surface area (Å²) >= 11 is 4.97. The zero-order valence-corrected chi connectivity index (χ0v) is 8.06. The summed E-state index contributed by atoms with van der Waals surface area (Å²) in [5, 5.41) is 3.38. The van der Waals surface area contributed by atoms with Crippen molar-refractivity contribution in [1.29, 1.82) is 0 Å². The number of H-pyrrole nitrogens is 1. The quantitative estimate of drug-likeness (QED) is 0.667. The van der Waals surface area contributed by atoms with Crippen LogP contribution < -0.4 is 5.32 Å². The van der Waals surface area contributed by atoms with Gasteiger partial charge >= 0.3 is 0 Å². The van der Waals surface area contributed by atoms with Gasteiger partial charge in [-0.05, 0) is 11.6 Å². The Bertz CT molecular complexity index is 310. The molecule has 0 radical (unpaired) electrons. The summed E-state index contributed by atoms with van der Waals surface area (Å²) in [6, 6.07) is 4.24. The first-order valence-corrected chi connectivity index (χ1v) is 4.77. The van der Waals surface area contributed by atoms with Gasteiger partial charge in [-0.15, -0.1) is 0 Å². The molecule has 1 aromatic rings. The Balaban J connectivity index is 2.14. The van der Waals surface area contributed by atoms with E-state index < -0.39 is 0 Å². The van der Waals surface area contributed by atoms with E-state index in [1.807, 2.05) is 18.3 Å². The van der Waals surface area contributed by atoms with Crippen LogP contribution >= 0.6 is 12.2 Å². The Labute approximate surface area is 82.1 Å². The number of rotatable bonds is 1. The number of hydrogen-bond acceptors (Lipinski definition) is 3. The van der Waals surface area contributed by atoms with Crippen molar-refractivity contribution < 1.29 is 4.74 Å². The van der Waals surface area contributed by atoms with Gasteiger partial charge in [-0.3, -0.25) is 0 Å². The van der Waals surface area contributed by atoms with E-state index in [1.165, 1.54) is 5.56 Å². The molecular formula is C9H12N2OS. The molecule has 0 aliphatic carbocycles. The third kappa shape index (κ3) is 2.15. The van der Waals surface area contributed by atoms with Crippen molar-refractivity contribution in [3.05, 3.63) is 28.5 Å². The van der Waals surface area contributed by atoms with E-state index in [4.69, 9.17) is 17.0 Å². The van der Waals surface area contributed by atoms with Crippen molar-refractivity contribution >= 4 is 12.2 Å². The summed E-state index contributed by atoms with van der Waals surface area (Å²) < 4.78 is 6.13. The van der Waals surface area contributed by atoms with Gasteiger partial charge in [0.25, 0.3) is 0 Å². The van der Waals surface area contributed by atoms with E-state index in [0.29, 0.717) is 6.04 Å². The van der Waals surface area contributed by atoms with Crippen molar-refractivity contribution in [2.75, 3.05) is 19.8 Å². The van der Waals surface area contributed by atoms with Crippen LogP contribution in [0.1, 0.15) is 11.6 Å². The lowest BCUT2D eigenvalue weighted by molar-refractivity contribution is 0.0768. The third-order valence-electron chi connectivity index (χ3n) is 2.13. The molecule has 2 heterocycles. The molecule has 2 N–H and O–H groups in total. The Kier molecular flexibility index (Phi) is 2.73. The van der Waals surface area contributed by atoms with Gasteiger partial charge in [-0.2, -0.15) is 0 Å². The van der Waals surface area contributed by atoms with Gasteiger partial charge in [0.15, 0.2) is 0 Å². The maximum Gasteiger partial charge on any atom is 0.103 e. The molecule has 0 aromatic carbocycles. The van der Waals surface area contributed by atoms with E-state index in [9.17, 15) is 0 Å². The molecule has 2 rings (SSSR count). The zero-order valence-electron chi connectivity index (χ0n) is 7.25. The summed E-state index contributed by atoms with van der Waals surface area (Å²) in [7, 11) is 0. The summed E-state index contributed by atoms with van der Waals surface area (Å²) in [6.45, 7) is 2.46. The van der Waals surface area contributed by atoms with Crippen LogP contribution in [0.15, 0.2) is 18.3 Å². The number of ether oxygens (including phenoxy) is 1. The van der Waals surface area contributed by atoms with E-state index in [1.54, 1.807) is 0 Å². The molecule has 0 bridgehead atoms. The second-order valence-electron chi connectivity index (χ2n) is 3.07. The Hall–Kier alpha value is -0.710. The molecule has 1 aliphatic heterocycles. The molecule has 0 amide bonds. The van der Waals surface area contributed by atoms with Gasteiger partial charge in [0.2, 0.25) is 0 Å². The van der Waals surface area contributed by atoms with Crippen LogP contribution in [0.25, 0.3) is 0 Å². The van der Waals surface area contributed by atoms with E-state index in [2.05, 4.69) is 10.3 Å². The van der Waals surface area contributed by atoms with Gasteiger partial charge in [-0.1, -0.05) is 18.3 Å². The Morgan fingerprint density at radius 2 is 2.38 bits per heavy atom. The number of nitrogens with one attached hydrogen (secondary N) is 2. The smallest absolute Gasteiger partial charge is 0.103 e. The highest BCUT2D eigenvalue weighted by atomic mass is 32.1. The summed E-state index contributed by atoms with van der Waals surface area (Å²) in [5.74, 6) is 0. The van der Waals surface area contributed by atoms with Crippen LogP contribution in [0.4, 0.5) is 0 Å². The molecular weight excluding hydrogens is 184 g/mol. The number of hydrogen-bond donors (Lipinski definition) is 2. The van der Waals surface area contributed by atoms with Crippen LogP contribution in [-0.4, -0.2) is 24.7 Å². The van der Waals surface area contributed by atoms with Crippen molar-refractivity contribution in [1.82, 2.24) is 10.3 Å². The molecule has 0 unspecified atom stereocenters. The SMILES string of the molecule is S=c1ccc([C@@H]2COCCN2)c[nH]1. The number of aromatic amines is 1. The van der Waals surface area contributed by atoms with Crippen molar-refractivity contribution in [2.45, 2.75) is 6.04 Å². The molecule has 1 aromatic heterocycles. The third-order valence-corrected chi connectivity index (χ3v) is 2.39. The average molecular weight is 196 g/mol. The molecule has 4 heteroatoms. The molecule has 0 spiro atoms. The van der Waals surface area contributed by atoms with Gasteiger partial charge < -0.3 is 15.0 Å². The molecule has 0 saturated carbocycles. The molecule has 3 nitrogen and oxygen atoms in total. The van der Waals surface area contributed by atoms with Crippen LogP contribution in [0.5, 0.6) is 0 Å². The predicted octanol–water partition coefficient (Wildman–Crippen LogP) is 1.41. The van der Waals surface area contributed by atoms with Crippen LogP contribution in [0.2, 0.25) is 0 Å². The first-order valence-electron chi connectivity index (χ1n) is 4.36. The standard InChI is InChI=1S/C9H12N2OS/c13-9-2-1-7(5-11-9)8-6-12-4-3-10-8/h1-2,5,8,10H,3-4,6H2,(H,11,13)/t8-/m0/s1. The number of aromatic nitrogens is 1. The minimum Gasteiger partial charge on any atom is -0.378 e. The second-order valence-corrected chi connectivity index (χ2v) is 3.51. The number of morpholine rings is 1. The topological polar surface area (TPSA) is 37.0 Å². The maximum atomic E-state index is 5.36. The fourth-order valence-electron chi connectivity index (χ4n) is 1.42. The highest BCUT2D eigenvalue weighted by Gasteiger charge is 2.14. The largest absolute Gasteiger partial charge is 0.378 e. The minimum absolute atomic E-state index is 0.306. The fourth-order valence-corrected chi connectivity index (χ4v) is 1.55. The molecule has 1 saturated heterocycles. The second kappa shape index (κ2) is 4.00. The van der Waals surface area contributed by atoms with Crippen LogP contribution in [0.3, 0.4) is 0 Å². The van der Waals surface area contributed by atoms with Gasteiger partial charge in [0, 0.05) is 12.7 Å². The normalized spacial score (nSPS) is 22.9. The average Bonchev–Trinajstić information content (AvgIpc) is 2.20. The molecule has 70 valence electrons. The Morgan fingerprint density at radius 1 is 1.46 bits per heavy atom. The fraction of sp³-hybridized carbons (Fsp3) is 0.444. The Morgan fingerprint density at radius 3 is 3.00 bits per heavy atom. The summed E-state index contributed by atoms with van der Waals surface area (Å²) in [6.07, 6.45) is 1.94. The van der Waals surface area contributed by atoms with Crippen LogP contribution in [0, 0.1) is 4.64 Å². The lowest BCUT2D eigenvalue weighted by Gasteiger charge is -2.23. The molecule has 1 fully saturated rings. The van der Waals surface area contributed by atoms with E-state index in [-0.39, 0.29) is 0 Å². The minimum atomic E-state index is 0.306. The zero-order chi connectivity index (χ0) is 9.10. The predicted molar refractivity (Wildman–Crippen MR) is 53.2 cm³/mol. The van der Waals surface area contributed by atoms with Crippen molar-refractivity contribution in [3.8, 4) is 0 Å². The summed E-state index contributed by atoms with van der Waals surface area (Å²) in [5.41, 5.74) is 1.20. The first kappa shape index (κ1) is 8.87. The van der Waals surface area contributed by atoms with Crippen molar-refractivity contribution in [2.24, 2.45) is 0 Å². The highest BCUT2D eigenvalue weighted by molar-refractivity contribution is 7.71. The number of pyridine rings is 1. The van der Waals surface area contributed by atoms with Crippen molar-refractivity contribution in [3.63, 3.8) is 0 Å². The lowest BCUT2D eigenvalue weighted by Crippen LogP contribution is -2.34.